The molecular formula is C12H34N2. The lowest BCUT2D eigenvalue weighted by atomic mass is 10.4. The molecule has 0 aromatic rings. The molecule has 0 fully saturated rings. The van der Waals surface area contributed by atoms with Crippen molar-refractivity contribution >= 4 is 0 Å². The number of hydrogen-bond acceptors (Lipinski definition) is 2. The molecule has 0 aliphatic rings. The van der Waals surface area contributed by atoms with Gasteiger partial charge in [-0.05, 0) is 40.7 Å². The molecule has 0 radical (unpaired) electrons. The molecule has 0 atom stereocenters. The molecule has 0 aromatic heterocycles. The average Bonchev–Trinajstić information content (AvgIpc) is 2.27. The van der Waals surface area contributed by atoms with Gasteiger partial charge in [0.05, 0.1) is 0 Å². The minimum atomic E-state index is 1.12. The molecule has 2 nitrogen and oxygen atoms in total. The van der Waals surface area contributed by atoms with Gasteiger partial charge in [0.1, 0.15) is 0 Å². The van der Waals surface area contributed by atoms with Crippen molar-refractivity contribution in [1.82, 2.24) is 10.2 Å². The number of nitrogens with zero attached hydrogens (tertiary/aromatic N) is 1. The van der Waals surface area contributed by atoms with Gasteiger partial charge in [-0.1, -0.05) is 41.5 Å². The number of rotatable bonds is 4. The van der Waals surface area contributed by atoms with Crippen LogP contribution in [0.3, 0.4) is 0 Å². The van der Waals surface area contributed by atoms with Gasteiger partial charge in [0.25, 0.3) is 0 Å². The molecule has 0 aliphatic carbocycles. The minimum absolute atomic E-state index is 1.12. The fourth-order valence-corrected chi connectivity index (χ4v) is 0.572. The van der Waals surface area contributed by atoms with Crippen LogP contribution in [0.2, 0.25) is 0 Å². The standard InChI is InChI=1S/C6H16N2.3C2H6/c1-7-5-4-6-8(2)3;3*1-2/h7H,4-6H2,1-3H3;3*1-2H3. The Morgan fingerprint density at radius 2 is 1.21 bits per heavy atom. The Hall–Kier alpha value is -0.0800. The summed E-state index contributed by atoms with van der Waals surface area (Å²) in [4.78, 5) is 2.19. The Morgan fingerprint density at radius 3 is 1.43 bits per heavy atom. The summed E-state index contributed by atoms with van der Waals surface area (Å²) in [6.45, 7) is 14.3. The van der Waals surface area contributed by atoms with Crippen LogP contribution in [0.25, 0.3) is 0 Å². The molecule has 2 heteroatoms. The average molecular weight is 206 g/mol. The second-order valence-electron chi connectivity index (χ2n) is 2.26. The van der Waals surface area contributed by atoms with Gasteiger partial charge in [-0.25, -0.2) is 0 Å². The molecule has 0 rings (SSSR count). The van der Waals surface area contributed by atoms with Gasteiger partial charge >= 0.3 is 0 Å². The van der Waals surface area contributed by atoms with E-state index in [4.69, 9.17) is 0 Å². The first kappa shape index (κ1) is 23.6. The highest BCUT2D eigenvalue weighted by Crippen LogP contribution is 1.78. The van der Waals surface area contributed by atoms with Gasteiger partial charge in [0.15, 0.2) is 0 Å². The Kier molecular flexibility index (Phi) is 64.7. The van der Waals surface area contributed by atoms with E-state index in [1.165, 1.54) is 13.0 Å². The first-order valence-electron chi connectivity index (χ1n) is 6.06. The highest BCUT2D eigenvalue weighted by atomic mass is 15.0. The zero-order valence-electron chi connectivity index (χ0n) is 12.1. The first-order chi connectivity index (χ1) is 6.77. The Labute approximate surface area is 93.1 Å². The van der Waals surface area contributed by atoms with E-state index in [1.807, 2.05) is 48.6 Å². The summed E-state index contributed by atoms with van der Waals surface area (Å²) >= 11 is 0. The molecule has 92 valence electrons. The topological polar surface area (TPSA) is 15.3 Å². The van der Waals surface area contributed by atoms with Crippen molar-refractivity contribution in [3.63, 3.8) is 0 Å². The Balaban J connectivity index is -0.0000000708. The van der Waals surface area contributed by atoms with Crippen LogP contribution in [0.15, 0.2) is 0 Å². The number of nitrogens with one attached hydrogen (secondary N) is 1. The van der Waals surface area contributed by atoms with Crippen LogP contribution in [0.4, 0.5) is 0 Å². The van der Waals surface area contributed by atoms with E-state index >= 15 is 0 Å². The van der Waals surface area contributed by atoms with Crippen LogP contribution < -0.4 is 5.32 Å². The zero-order chi connectivity index (χ0) is 12.4. The second-order valence-corrected chi connectivity index (χ2v) is 2.26. The van der Waals surface area contributed by atoms with Gasteiger partial charge < -0.3 is 10.2 Å². The molecule has 14 heavy (non-hydrogen) atoms. The zero-order valence-corrected chi connectivity index (χ0v) is 12.1. The summed E-state index contributed by atoms with van der Waals surface area (Å²) in [6, 6.07) is 0. The molecule has 0 aliphatic heterocycles. The van der Waals surface area contributed by atoms with Gasteiger partial charge in [-0.2, -0.15) is 0 Å². The maximum atomic E-state index is 3.10. The normalized spacial score (nSPS) is 7.29. The van der Waals surface area contributed by atoms with Crippen LogP contribution >= 0.6 is 0 Å². The summed E-state index contributed by atoms with van der Waals surface area (Å²) in [5.74, 6) is 0. The predicted octanol–water partition coefficient (Wildman–Crippen LogP) is 3.24. The maximum Gasteiger partial charge on any atom is -0.00127 e. The van der Waals surface area contributed by atoms with Crippen molar-refractivity contribution in [3.05, 3.63) is 0 Å². The monoisotopic (exact) mass is 206 g/mol. The highest BCUT2D eigenvalue weighted by molar-refractivity contribution is 4.44. The molecule has 0 spiro atoms. The van der Waals surface area contributed by atoms with Gasteiger partial charge in [-0.3, -0.25) is 0 Å². The van der Waals surface area contributed by atoms with Gasteiger partial charge in [-0.15, -0.1) is 0 Å². The lowest BCUT2D eigenvalue weighted by Crippen LogP contribution is -2.18. The van der Waals surface area contributed by atoms with Crippen LogP contribution in [0, 0.1) is 0 Å². The molecule has 1 N–H and O–H groups in total. The SMILES string of the molecule is CC.CC.CC.CNCCCN(C)C. The van der Waals surface area contributed by atoms with Crippen LogP contribution in [0.1, 0.15) is 48.0 Å². The third kappa shape index (κ3) is 58.7. The third-order valence-corrected chi connectivity index (χ3v) is 1.03. The Morgan fingerprint density at radius 1 is 0.857 bits per heavy atom. The van der Waals surface area contributed by atoms with E-state index in [0.29, 0.717) is 0 Å². The van der Waals surface area contributed by atoms with Crippen LogP contribution in [0.5, 0.6) is 0 Å². The summed E-state index contributed by atoms with van der Waals surface area (Å²) in [5.41, 5.74) is 0. The number of hydrogen-bond donors (Lipinski definition) is 1. The van der Waals surface area contributed by atoms with Gasteiger partial charge in [0.2, 0.25) is 0 Å². The summed E-state index contributed by atoms with van der Waals surface area (Å²) < 4.78 is 0. The van der Waals surface area contributed by atoms with E-state index in [0.717, 1.165) is 6.54 Å². The fraction of sp³-hybridized carbons (Fsp3) is 1.00. The van der Waals surface area contributed by atoms with Crippen molar-refractivity contribution in [3.8, 4) is 0 Å². The fourth-order valence-electron chi connectivity index (χ4n) is 0.572. The van der Waals surface area contributed by atoms with E-state index in [9.17, 15) is 0 Å². The summed E-state index contributed by atoms with van der Waals surface area (Å²) in [5, 5.41) is 3.10. The van der Waals surface area contributed by atoms with E-state index < -0.39 is 0 Å². The van der Waals surface area contributed by atoms with Crippen molar-refractivity contribution in [1.29, 1.82) is 0 Å². The maximum absolute atomic E-state index is 3.10. The third-order valence-electron chi connectivity index (χ3n) is 1.03. The molecule has 0 bridgehead atoms. The Bertz CT molecular complexity index is 45.6. The van der Waals surface area contributed by atoms with Crippen molar-refractivity contribution in [2.24, 2.45) is 0 Å². The van der Waals surface area contributed by atoms with Crippen LogP contribution in [-0.4, -0.2) is 39.1 Å². The molecule has 0 saturated heterocycles. The second kappa shape index (κ2) is 38.3. The smallest absolute Gasteiger partial charge is 0.00127 e. The van der Waals surface area contributed by atoms with Crippen molar-refractivity contribution < 1.29 is 0 Å². The molecule has 0 amide bonds. The molecule has 0 heterocycles. The minimum Gasteiger partial charge on any atom is -0.320 e. The van der Waals surface area contributed by atoms with Crippen LogP contribution in [-0.2, 0) is 0 Å². The van der Waals surface area contributed by atoms with Crippen molar-refractivity contribution in [2.75, 3.05) is 34.2 Å². The quantitative estimate of drug-likeness (QED) is 0.710. The molecule has 0 aromatic carbocycles. The summed E-state index contributed by atoms with van der Waals surface area (Å²) in [6.07, 6.45) is 1.24. The van der Waals surface area contributed by atoms with Crippen molar-refractivity contribution in [2.45, 2.75) is 48.0 Å². The van der Waals surface area contributed by atoms with E-state index in [1.54, 1.807) is 0 Å². The molecule has 0 unspecified atom stereocenters. The van der Waals surface area contributed by atoms with Gasteiger partial charge in [0, 0.05) is 0 Å². The lowest BCUT2D eigenvalue weighted by molar-refractivity contribution is 0.397. The summed E-state index contributed by atoms with van der Waals surface area (Å²) in [7, 11) is 6.17. The lowest BCUT2D eigenvalue weighted by Gasteiger charge is -2.07. The first-order valence-corrected chi connectivity index (χ1v) is 6.06. The van der Waals surface area contributed by atoms with E-state index in [2.05, 4.69) is 24.3 Å². The highest BCUT2D eigenvalue weighted by Gasteiger charge is 1.85. The molecular weight excluding hydrogens is 172 g/mol. The predicted molar refractivity (Wildman–Crippen MR) is 71.1 cm³/mol. The van der Waals surface area contributed by atoms with E-state index in [-0.39, 0.29) is 0 Å². The largest absolute Gasteiger partial charge is 0.320 e. The molecule has 0 saturated carbocycles.